The molecule has 1 aromatic rings. The first-order valence-corrected chi connectivity index (χ1v) is 8.13. The van der Waals surface area contributed by atoms with Crippen LogP contribution in [-0.4, -0.2) is 55.4 Å². The molecule has 1 atom stereocenters. The van der Waals surface area contributed by atoms with E-state index in [1.54, 1.807) is 13.0 Å². The number of hydrogen-bond acceptors (Lipinski definition) is 4. The second kappa shape index (κ2) is 8.20. The Bertz CT molecular complexity index is 671. The number of hydrogen-bond donors (Lipinski definition) is 2. The van der Waals surface area contributed by atoms with Crippen molar-refractivity contribution in [2.75, 3.05) is 26.7 Å². The lowest BCUT2D eigenvalue weighted by Crippen LogP contribution is -2.41. The van der Waals surface area contributed by atoms with Gasteiger partial charge >= 0.3 is 18.6 Å². The summed E-state index contributed by atoms with van der Waals surface area (Å²) in [7, 11) is 1.36. The van der Waals surface area contributed by atoms with Gasteiger partial charge in [0.15, 0.2) is 11.5 Å². The zero-order valence-electron chi connectivity index (χ0n) is 14.6. The smallest absolute Gasteiger partial charge is 0.387 e. The van der Waals surface area contributed by atoms with E-state index in [1.165, 1.54) is 24.1 Å². The van der Waals surface area contributed by atoms with Crippen LogP contribution in [0, 0.1) is 5.41 Å². The zero-order valence-corrected chi connectivity index (χ0v) is 14.6. The minimum Gasteiger partial charge on any atom is -0.493 e. The van der Waals surface area contributed by atoms with Crippen LogP contribution in [0.25, 0.3) is 0 Å². The number of amides is 2. The standard InChI is InChI=1S/C17H22F2N2O5/c1-17(14(22)23)6-8-21(10-17)16(24)20-7-5-11-3-4-12(25-2)13(9-11)26-15(18)19/h3-4,9,15H,5-8,10H2,1-2H3,(H,20,24)(H,22,23). The van der Waals surface area contributed by atoms with Crippen molar-refractivity contribution >= 4 is 12.0 Å². The van der Waals surface area contributed by atoms with Gasteiger partial charge in [0.05, 0.1) is 12.5 Å². The van der Waals surface area contributed by atoms with Gasteiger partial charge in [-0.3, -0.25) is 4.79 Å². The summed E-state index contributed by atoms with van der Waals surface area (Å²) in [6.45, 7) is -0.533. The summed E-state index contributed by atoms with van der Waals surface area (Å²) in [6.07, 6.45) is 0.807. The summed E-state index contributed by atoms with van der Waals surface area (Å²) in [4.78, 5) is 24.8. The summed E-state index contributed by atoms with van der Waals surface area (Å²) in [6, 6.07) is 4.32. The first kappa shape index (κ1) is 19.7. The number of nitrogens with zero attached hydrogens (tertiary/aromatic N) is 1. The second-order valence-electron chi connectivity index (χ2n) is 6.38. The molecule has 1 fully saturated rings. The SMILES string of the molecule is COc1ccc(CCNC(=O)N2CCC(C)(C(=O)O)C2)cc1OC(F)F. The predicted molar refractivity (Wildman–Crippen MR) is 88.7 cm³/mol. The Morgan fingerprint density at radius 3 is 2.69 bits per heavy atom. The average molecular weight is 372 g/mol. The van der Waals surface area contributed by atoms with Crippen LogP contribution < -0.4 is 14.8 Å². The van der Waals surface area contributed by atoms with Crippen LogP contribution in [0.2, 0.25) is 0 Å². The highest BCUT2D eigenvalue weighted by Crippen LogP contribution is 2.30. The number of ether oxygens (including phenoxy) is 2. The number of carboxylic acid groups (broad SMARTS) is 1. The maximum absolute atomic E-state index is 12.4. The number of likely N-dealkylation sites (tertiary alicyclic amines) is 1. The lowest BCUT2D eigenvalue weighted by molar-refractivity contribution is -0.147. The molecule has 2 N–H and O–H groups in total. The van der Waals surface area contributed by atoms with Gasteiger partial charge in [-0.15, -0.1) is 0 Å². The Kier molecular flexibility index (Phi) is 6.23. The fraction of sp³-hybridized carbons (Fsp3) is 0.529. The molecule has 0 aliphatic carbocycles. The van der Waals surface area contributed by atoms with Gasteiger partial charge in [-0.05, 0) is 37.5 Å². The van der Waals surface area contributed by atoms with Crippen molar-refractivity contribution in [3.05, 3.63) is 23.8 Å². The highest BCUT2D eigenvalue weighted by Gasteiger charge is 2.42. The first-order valence-electron chi connectivity index (χ1n) is 8.13. The Labute approximate surface area is 149 Å². The molecule has 7 nitrogen and oxygen atoms in total. The molecule has 2 amide bonds. The zero-order chi connectivity index (χ0) is 19.3. The van der Waals surface area contributed by atoms with Gasteiger partial charge in [0.2, 0.25) is 0 Å². The van der Waals surface area contributed by atoms with Gasteiger partial charge in [-0.1, -0.05) is 6.07 Å². The molecule has 2 rings (SSSR count). The van der Waals surface area contributed by atoms with Crippen LogP contribution in [0.15, 0.2) is 18.2 Å². The summed E-state index contributed by atoms with van der Waals surface area (Å²) in [5, 5.41) is 11.9. The van der Waals surface area contributed by atoms with Crippen molar-refractivity contribution in [1.82, 2.24) is 10.2 Å². The molecule has 1 heterocycles. The van der Waals surface area contributed by atoms with E-state index in [-0.39, 0.29) is 30.6 Å². The van der Waals surface area contributed by atoms with Crippen LogP contribution in [-0.2, 0) is 11.2 Å². The fourth-order valence-corrected chi connectivity index (χ4v) is 2.80. The lowest BCUT2D eigenvalue weighted by atomic mass is 9.90. The third-order valence-corrected chi connectivity index (χ3v) is 4.41. The van der Waals surface area contributed by atoms with E-state index >= 15 is 0 Å². The third-order valence-electron chi connectivity index (χ3n) is 4.41. The Morgan fingerprint density at radius 2 is 2.12 bits per heavy atom. The Hall–Kier alpha value is -2.58. The second-order valence-corrected chi connectivity index (χ2v) is 6.38. The number of urea groups is 1. The Morgan fingerprint density at radius 1 is 1.38 bits per heavy atom. The molecular formula is C17H22F2N2O5. The number of halogens is 2. The molecule has 144 valence electrons. The van der Waals surface area contributed by atoms with E-state index in [2.05, 4.69) is 10.1 Å². The first-order chi connectivity index (χ1) is 12.2. The van der Waals surface area contributed by atoms with E-state index in [0.29, 0.717) is 24.9 Å². The summed E-state index contributed by atoms with van der Waals surface area (Å²) in [5.41, 5.74) is -0.229. The van der Waals surface area contributed by atoms with Crippen molar-refractivity contribution in [2.24, 2.45) is 5.41 Å². The maximum Gasteiger partial charge on any atom is 0.387 e. The van der Waals surface area contributed by atoms with Crippen molar-refractivity contribution in [3.8, 4) is 11.5 Å². The van der Waals surface area contributed by atoms with Crippen molar-refractivity contribution in [1.29, 1.82) is 0 Å². The van der Waals surface area contributed by atoms with E-state index in [4.69, 9.17) is 4.74 Å². The minimum atomic E-state index is -2.96. The normalized spacial score (nSPS) is 19.5. The maximum atomic E-state index is 12.4. The topological polar surface area (TPSA) is 88.1 Å². The molecule has 9 heteroatoms. The summed E-state index contributed by atoms with van der Waals surface area (Å²) in [5.74, 6) is -0.788. The van der Waals surface area contributed by atoms with Crippen LogP contribution in [0.5, 0.6) is 11.5 Å². The van der Waals surface area contributed by atoms with Crippen molar-refractivity contribution < 1.29 is 33.0 Å². The van der Waals surface area contributed by atoms with Gasteiger partial charge < -0.3 is 24.8 Å². The summed E-state index contributed by atoms with van der Waals surface area (Å²) >= 11 is 0. The number of rotatable bonds is 7. The van der Waals surface area contributed by atoms with E-state index < -0.39 is 18.0 Å². The molecule has 0 spiro atoms. The molecule has 1 saturated heterocycles. The number of carbonyl (C=O) groups is 2. The highest BCUT2D eigenvalue weighted by molar-refractivity contribution is 5.79. The number of carboxylic acids is 1. The molecule has 1 aromatic carbocycles. The molecule has 1 aliphatic rings. The Balaban J connectivity index is 1.88. The van der Waals surface area contributed by atoms with Gasteiger partial charge in [-0.25, -0.2) is 4.79 Å². The van der Waals surface area contributed by atoms with Crippen LogP contribution >= 0.6 is 0 Å². The number of methoxy groups -OCH3 is 1. The third kappa shape index (κ3) is 4.74. The monoisotopic (exact) mass is 372 g/mol. The quantitative estimate of drug-likeness (QED) is 0.767. The van der Waals surface area contributed by atoms with E-state index in [1.807, 2.05) is 0 Å². The van der Waals surface area contributed by atoms with Gasteiger partial charge in [0.1, 0.15) is 0 Å². The van der Waals surface area contributed by atoms with Crippen LogP contribution in [0.3, 0.4) is 0 Å². The van der Waals surface area contributed by atoms with Crippen LogP contribution in [0.1, 0.15) is 18.9 Å². The van der Waals surface area contributed by atoms with Crippen molar-refractivity contribution in [3.63, 3.8) is 0 Å². The molecule has 0 aromatic heterocycles. The molecule has 0 radical (unpaired) electrons. The summed E-state index contributed by atoms with van der Waals surface area (Å²) < 4.78 is 34.3. The number of benzene rings is 1. The molecule has 26 heavy (non-hydrogen) atoms. The van der Waals surface area contributed by atoms with E-state index in [9.17, 15) is 23.5 Å². The van der Waals surface area contributed by atoms with E-state index in [0.717, 1.165) is 0 Å². The number of nitrogens with one attached hydrogen (secondary N) is 1. The lowest BCUT2D eigenvalue weighted by Gasteiger charge is -2.20. The predicted octanol–water partition coefficient (Wildman–Crippen LogP) is 2.35. The number of carbonyl (C=O) groups excluding carboxylic acids is 1. The minimum absolute atomic E-state index is 0.0666. The van der Waals surface area contributed by atoms with Crippen LogP contribution in [0.4, 0.5) is 13.6 Å². The number of aliphatic carboxylic acids is 1. The molecular weight excluding hydrogens is 350 g/mol. The van der Waals surface area contributed by atoms with Crippen molar-refractivity contribution in [2.45, 2.75) is 26.4 Å². The number of alkyl halides is 2. The molecule has 1 unspecified atom stereocenters. The highest BCUT2D eigenvalue weighted by atomic mass is 19.3. The largest absolute Gasteiger partial charge is 0.493 e. The molecule has 0 bridgehead atoms. The molecule has 0 saturated carbocycles. The van der Waals surface area contributed by atoms with Gasteiger partial charge in [-0.2, -0.15) is 8.78 Å². The average Bonchev–Trinajstić information content (AvgIpc) is 2.98. The van der Waals surface area contributed by atoms with Gasteiger partial charge in [0.25, 0.3) is 0 Å². The fourth-order valence-electron chi connectivity index (χ4n) is 2.80. The molecule has 1 aliphatic heterocycles. The van der Waals surface area contributed by atoms with Gasteiger partial charge in [0, 0.05) is 19.6 Å².